The molecule has 0 saturated carbocycles. The van der Waals surface area contributed by atoms with E-state index < -0.39 is 11.8 Å². The maximum Gasteiger partial charge on any atom is 0.309 e. The van der Waals surface area contributed by atoms with Gasteiger partial charge >= 0.3 is 11.8 Å². The molecular weight excluding hydrogens is 304 g/mol. The largest absolute Gasteiger partial charge is 0.361 e. The van der Waals surface area contributed by atoms with Gasteiger partial charge in [0.25, 0.3) is 0 Å². The zero-order valence-corrected chi connectivity index (χ0v) is 13.5. The summed E-state index contributed by atoms with van der Waals surface area (Å²) in [6, 6.07) is 13.7. The fraction of sp³-hybridized carbons (Fsp3) is 0.167. The van der Waals surface area contributed by atoms with Gasteiger partial charge in [-0.15, -0.1) is 0 Å². The highest BCUT2D eigenvalue weighted by Crippen LogP contribution is 2.25. The van der Waals surface area contributed by atoms with E-state index in [0.717, 1.165) is 27.7 Å². The van der Waals surface area contributed by atoms with Crippen molar-refractivity contribution in [3.8, 4) is 5.69 Å². The zero-order chi connectivity index (χ0) is 17.3. The smallest absolute Gasteiger partial charge is 0.309 e. The minimum absolute atomic E-state index is 0.367. The number of rotatable bonds is 3. The first kappa shape index (κ1) is 15.7. The Hall–Kier alpha value is -3.15. The standard InChI is InChI=1S/C18H18N4O2/c1-11(21-18(24)17(19)23)15-10-20-22(12(15)2)16-9-5-7-13-6-3-4-8-14(13)16/h3-11H,1-2H3,(H2,19,23)(H,21,24). The highest BCUT2D eigenvalue weighted by Gasteiger charge is 2.19. The Morgan fingerprint density at radius 2 is 1.88 bits per heavy atom. The van der Waals surface area contributed by atoms with Crippen LogP contribution in [0.5, 0.6) is 0 Å². The summed E-state index contributed by atoms with van der Waals surface area (Å²) in [5.41, 5.74) is 7.67. The summed E-state index contributed by atoms with van der Waals surface area (Å²) in [7, 11) is 0. The number of hydrogen-bond acceptors (Lipinski definition) is 3. The lowest BCUT2D eigenvalue weighted by Crippen LogP contribution is -2.37. The van der Waals surface area contributed by atoms with Gasteiger partial charge in [-0.1, -0.05) is 36.4 Å². The van der Waals surface area contributed by atoms with Crippen molar-refractivity contribution in [1.82, 2.24) is 15.1 Å². The van der Waals surface area contributed by atoms with Crippen molar-refractivity contribution in [2.24, 2.45) is 5.73 Å². The van der Waals surface area contributed by atoms with E-state index in [1.54, 1.807) is 13.1 Å². The molecule has 6 nitrogen and oxygen atoms in total. The number of nitrogens with two attached hydrogens (primary N) is 1. The van der Waals surface area contributed by atoms with Gasteiger partial charge < -0.3 is 11.1 Å². The van der Waals surface area contributed by atoms with Crippen molar-refractivity contribution < 1.29 is 9.59 Å². The highest BCUT2D eigenvalue weighted by molar-refractivity contribution is 6.34. The molecule has 1 unspecified atom stereocenters. The molecule has 0 fully saturated rings. The van der Waals surface area contributed by atoms with Crippen LogP contribution in [0.3, 0.4) is 0 Å². The molecule has 1 atom stereocenters. The molecular formula is C18H18N4O2. The van der Waals surface area contributed by atoms with Crippen molar-refractivity contribution in [2.45, 2.75) is 19.9 Å². The minimum atomic E-state index is -0.999. The Bertz CT molecular complexity index is 924. The van der Waals surface area contributed by atoms with Gasteiger partial charge in [-0.25, -0.2) is 4.68 Å². The van der Waals surface area contributed by atoms with Crippen molar-refractivity contribution >= 4 is 22.6 Å². The summed E-state index contributed by atoms with van der Waals surface area (Å²) in [6.45, 7) is 3.72. The van der Waals surface area contributed by atoms with Crippen LogP contribution in [0.1, 0.15) is 24.2 Å². The number of nitrogens with zero attached hydrogens (tertiary/aromatic N) is 2. The highest BCUT2D eigenvalue weighted by atomic mass is 16.2. The lowest BCUT2D eigenvalue weighted by atomic mass is 10.1. The van der Waals surface area contributed by atoms with E-state index in [9.17, 15) is 9.59 Å². The normalized spacial score (nSPS) is 12.1. The number of amides is 2. The van der Waals surface area contributed by atoms with E-state index in [0.29, 0.717) is 0 Å². The molecule has 0 aliphatic rings. The molecule has 3 aromatic rings. The van der Waals surface area contributed by atoms with Gasteiger partial charge in [0.15, 0.2) is 0 Å². The summed E-state index contributed by atoms with van der Waals surface area (Å²) in [6.07, 6.45) is 1.70. The third-order valence-corrected chi connectivity index (χ3v) is 4.08. The lowest BCUT2D eigenvalue weighted by molar-refractivity contribution is -0.137. The van der Waals surface area contributed by atoms with Crippen LogP contribution in [0, 0.1) is 6.92 Å². The van der Waals surface area contributed by atoms with Crippen LogP contribution in [0.4, 0.5) is 0 Å². The molecule has 3 rings (SSSR count). The predicted octanol–water partition coefficient (Wildman–Crippen LogP) is 2.00. The number of aromatic nitrogens is 2. The van der Waals surface area contributed by atoms with Crippen molar-refractivity contribution in [3.63, 3.8) is 0 Å². The van der Waals surface area contributed by atoms with Crippen LogP contribution in [-0.4, -0.2) is 21.6 Å². The van der Waals surface area contributed by atoms with Crippen LogP contribution in [0.2, 0.25) is 0 Å². The number of carbonyl (C=O) groups excluding carboxylic acids is 2. The zero-order valence-electron chi connectivity index (χ0n) is 13.5. The van der Waals surface area contributed by atoms with E-state index >= 15 is 0 Å². The maximum atomic E-state index is 11.5. The lowest BCUT2D eigenvalue weighted by Gasteiger charge is -2.13. The topological polar surface area (TPSA) is 90.0 Å². The van der Waals surface area contributed by atoms with Crippen LogP contribution in [0.25, 0.3) is 16.5 Å². The van der Waals surface area contributed by atoms with Gasteiger partial charge in [-0.3, -0.25) is 9.59 Å². The Morgan fingerprint density at radius 3 is 2.62 bits per heavy atom. The Balaban J connectivity index is 2.01. The summed E-state index contributed by atoms with van der Waals surface area (Å²) >= 11 is 0. The summed E-state index contributed by atoms with van der Waals surface area (Å²) in [5, 5.41) is 9.25. The number of primary amides is 1. The summed E-state index contributed by atoms with van der Waals surface area (Å²) < 4.78 is 1.84. The van der Waals surface area contributed by atoms with E-state index in [2.05, 4.69) is 10.4 Å². The third kappa shape index (κ3) is 2.74. The van der Waals surface area contributed by atoms with E-state index in [4.69, 9.17) is 5.73 Å². The molecule has 0 saturated heterocycles. The molecule has 2 amide bonds. The fourth-order valence-corrected chi connectivity index (χ4v) is 2.83. The van der Waals surface area contributed by atoms with Crippen LogP contribution in [-0.2, 0) is 9.59 Å². The molecule has 6 heteroatoms. The molecule has 2 aromatic carbocycles. The molecule has 0 spiro atoms. The van der Waals surface area contributed by atoms with Gasteiger partial charge in [-0.05, 0) is 25.3 Å². The second kappa shape index (κ2) is 6.16. The van der Waals surface area contributed by atoms with Crippen molar-refractivity contribution in [2.75, 3.05) is 0 Å². The Morgan fingerprint density at radius 1 is 1.17 bits per heavy atom. The van der Waals surface area contributed by atoms with Crippen LogP contribution >= 0.6 is 0 Å². The predicted molar refractivity (Wildman–Crippen MR) is 91.6 cm³/mol. The van der Waals surface area contributed by atoms with Gasteiger partial charge in [0, 0.05) is 16.6 Å². The molecule has 24 heavy (non-hydrogen) atoms. The van der Waals surface area contributed by atoms with Crippen LogP contribution in [0.15, 0.2) is 48.7 Å². The van der Waals surface area contributed by atoms with Gasteiger partial charge in [-0.2, -0.15) is 5.10 Å². The number of fused-ring (bicyclic) bond motifs is 1. The third-order valence-electron chi connectivity index (χ3n) is 4.08. The first-order valence-corrected chi connectivity index (χ1v) is 7.62. The average molecular weight is 322 g/mol. The maximum absolute atomic E-state index is 11.5. The van der Waals surface area contributed by atoms with Crippen molar-refractivity contribution in [1.29, 1.82) is 0 Å². The first-order chi connectivity index (χ1) is 11.5. The van der Waals surface area contributed by atoms with Crippen molar-refractivity contribution in [3.05, 3.63) is 59.9 Å². The second-order valence-electron chi connectivity index (χ2n) is 5.65. The first-order valence-electron chi connectivity index (χ1n) is 7.62. The molecule has 122 valence electrons. The Labute approximate surface area is 139 Å². The van der Waals surface area contributed by atoms with E-state index in [-0.39, 0.29) is 6.04 Å². The van der Waals surface area contributed by atoms with Crippen LogP contribution < -0.4 is 11.1 Å². The SMILES string of the molecule is Cc1c(C(C)NC(=O)C(N)=O)cnn1-c1cccc2ccccc12. The van der Waals surface area contributed by atoms with Gasteiger partial charge in [0.2, 0.25) is 0 Å². The number of benzene rings is 2. The molecule has 0 bridgehead atoms. The molecule has 1 aromatic heterocycles. The molecule has 0 aliphatic heterocycles. The fourth-order valence-electron chi connectivity index (χ4n) is 2.83. The number of carbonyl (C=O) groups is 2. The summed E-state index contributed by atoms with van der Waals surface area (Å²) in [4.78, 5) is 22.4. The number of hydrogen-bond donors (Lipinski definition) is 2. The summed E-state index contributed by atoms with van der Waals surface area (Å²) in [5.74, 6) is -1.80. The molecule has 0 aliphatic carbocycles. The van der Waals surface area contributed by atoms with E-state index in [1.165, 1.54) is 0 Å². The molecule has 1 heterocycles. The van der Waals surface area contributed by atoms with Gasteiger partial charge in [0.05, 0.1) is 17.9 Å². The van der Waals surface area contributed by atoms with Gasteiger partial charge in [0.1, 0.15) is 0 Å². The monoisotopic (exact) mass is 322 g/mol. The molecule has 3 N–H and O–H groups in total. The Kier molecular flexibility index (Phi) is 4.04. The second-order valence-corrected chi connectivity index (χ2v) is 5.65. The minimum Gasteiger partial charge on any atom is -0.361 e. The van der Waals surface area contributed by atoms with E-state index in [1.807, 2.05) is 54.1 Å². The number of nitrogens with one attached hydrogen (secondary N) is 1. The quantitative estimate of drug-likeness (QED) is 0.723. The molecule has 0 radical (unpaired) electrons. The average Bonchev–Trinajstić information content (AvgIpc) is 2.95.